The van der Waals surface area contributed by atoms with Gasteiger partial charge in [0.2, 0.25) is 5.16 Å². The van der Waals surface area contributed by atoms with Crippen molar-refractivity contribution in [3.8, 4) is 6.01 Å². The average Bonchev–Trinajstić information content (AvgIpc) is 2.46. The molecule has 3 N–H and O–H groups in total. The Morgan fingerprint density at radius 3 is 3.00 bits per heavy atom. The van der Waals surface area contributed by atoms with E-state index in [0.29, 0.717) is 11.8 Å². The number of ether oxygens (including phenoxy) is 1. The fourth-order valence-corrected chi connectivity index (χ4v) is 1.28. The van der Waals surface area contributed by atoms with Gasteiger partial charge in [-0.15, -0.1) is 5.10 Å². The van der Waals surface area contributed by atoms with E-state index in [2.05, 4.69) is 10.2 Å². The van der Waals surface area contributed by atoms with Gasteiger partial charge in [-0.25, -0.2) is 0 Å². The van der Waals surface area contributed by atoms with Crippen LogP contribution in [0, 0.1) is 0 Å². The standard InChI is InChI=1S/C6H10N4O3S/c1-2-13-5-8-9-6(10(5)7)14-3-4(11)12/h2-3,7H2,1H3,(H,11,12). The highest BCUT2D eigenvalue weighted by Gasteiger charge is 2.11. The minimum atomic E-state index is -0.934. The molecule has 1 heterocycles. The van der Waals surface area contributed by atoms with Gasteiger partial charge in [0.25, 0.3) is 0 Å². The third-order valence-corrected chi connectivity index (χ3v) is 2.16. The van der Waals surface area contributed by atoms with E-state index in [1.807, 2.05) is 0 Å². The molecule has 0 saturated heterocycles. The molecule has 0 aliphatic carbocycles. The van der Waals surface area contributed by atoms with Gasteiger partial charge in [0.1, 0.15) is 0 Å². The Kier molecular flexibility index (Phi) is 3.57. The Labute approximate surface area is 84.2 Å². The maximum Gasteiger partial charge on any atom is 0.337 e. The molecule has 0 atom stereocenters. The number of carboxylic acids is 1. The minimum absolute atomic E-state index is 0.110. The highest BCUT2D eigenvalue weighted by atomic mass is 32.2. The van der Waals surface area contributed by atoms with Crippen molar-refractivity contribution in [3.05, 3.63) is 0 Å². The van der Waals surface area contributed by atoms with E-state index in [-0.39, 0.29) is 11.8 Å². The lowest BCUT2D eigenvalue weighted by atomic mass is 10.8. The van der Waals surface area contributed by atoms with Gasteiger partial charge in [-0.3, -0.25) is 4.79 Å². The second-order valence-electron chi connectivity index (χ2n) is 2.25. The van der Waals surface area contributed by atoms with Crippen LogP contribution >= 0.6 is 11.8 Å². The van der Waals surface area contributed by atoms with Gasteiger partial charge in [-0.2, -0.15) is 4.68 Å². The first-order valence-electron chi connectivity index (χ1n) is 3.83. The summed E-state index contributed by atoms with van der Waals surface area (Å²) in [5, 5.41) is 16.0. The third kappa shape index (κ3) is 2.52. The summed E-state index contributed by atoms with van der Waals surface area (Å²) in [5.41, 5.74) is 0. The summed E-state index contributed by atoms with van der Waals surface area (Å²) >= 11 is 0.987. The van der Waals surface area contributed by atoms with Crippen molar-refractivity contribution < 1.29 is 14.6 Å². The van der Waals surface area contributed by atoms with Gasteiger partial charge in [0.15, 0.2) is 0 Å². The van der Waals surface area contributed by atoms with Gasteiger partial charge >= 0.3 is 12.0 Å². The summed E-state index contributed by atoms with van der Waals surface area (Å²) in [5.74, 6) is 4.48. The van der Waals surface area contributed by atoms with Crippen molar-refractivity contribution in [3.63, 3.8) is 0 Å². The molecule has 7 nitrogen and oxygen atoms in total. The van der Waals surface area contributed by atoms with Crippen LogP contribution in [0.1, 0.15) is 6.92 Å². The van der Waals surface area contributed by atoms with Crippen LogP contribution in [0.5, 0.6) is 6.01 Å². The molecule has 0 amide bonds. The molecule has 0 aromatic carbocycles. The molecule has 0 unspecified atom stereocenters. The Balaban J connectivity index is 2.64. The molecule has 0 aliphatic rings. The van der Waals surface area contributed by atoms with Crippen LogP contribution in [0.2, 0.25) is 0 Å². The first-order valence-corrected chi connectivity index (χ1v) is 4.81. The normalized spacial score (nSPS) is 10.1. The predicted octanol–water partition coefficient (Wildman–Crippen LogP) is -0.433. The number of hydrogen-bond acceptors (Lipinski definition) is 6. The lowest BCUT2D eigenvalue weighted by Gasteiger charge is -2.01. The molecule has 8 heteroatoms. The monoisotopic (exact) mass is 218 g/mol. The van der Waals surface area contributed by atoms with Crippen LogP contribution in [0.25, 0.3) is 0 Å². The van der Waals surface area contributed by atoms with Crippen LogP contribution in [-0.2, 0) is 4.79 Å². The Morgan fingerprint density at radius 1 is 1.71 bits per heavy atom. The number of rotatable bonds is 5. The third-order valence-electron chi connectivity index (χ3n) is 1.23. The second-order valence-corrected chi connectivity index (χ2v) is 3.19. The number of carbonyl (C=O) groups is 1. The molecule has 1 rings (SSSR count). The van der Waals surface area contributed by atoms with Crippen LogP contribution in [0.3, 0.4) is 0 Å². The molecule has 0 saturated carbocycles. The molecule has 14 heavy (non-hydrogen) atoms. The van der Waals surface area contributed by atoms with Crippen LogP contribution in [-0.4, -0.2) is 38.3 Å². The molecule has 0 aliphatic heterocycles. The fraction of sp³-hybridized carbons (Fsp3) is 0.500. The summed E-state index contributed by atoms with van der Waals surface area (Å²) < 4.78 is 6.15. The zero-order chi connectivity index (χ0) is 10.6. The van der Waals surface area contributed by atoms with E-state index in [1.54, 1.807) is 6.92 Å². The molecular weight excluding hydrogens is 208 g/mol. The second kappa shape index (κ2) is 4.70. The minimum Gasteiger partial charge on any atom is -0.481 e. The maximum absolute atomic E-state index is 10.3. The Hall–Kier alpha value is -1.44. The molecule has 1 aromatic heterocycles. The number of nitrogens with two attached hydrogens (primary N) is 1. The van der Waals surface area contributed by atoms with Crippen molar-refractivity contribution in [2.75, 3.05) is 18.2 Å². The summed E-state index contributed by atoms with van der Waals surface area (Å²) in [4.78, 5) is 10.3. The first-order chi connectivity index (χ1) is 6.65. The Bertz CT molecular complexity index is 327. The van der Waals surface area contributed by atoms with E-state index >= 15 is 0 Å². The average molecular weight is 218 g/mol. The van der Waals surface area contributed by atoms with Gasteiger partial charge in [0, 0.05) is 0 Å². The number of hydrogen-bond donors (Lipinski definition) is 2. The topological polar surface area (TPSA) is 103 Å². The molecule has 1 aromatic rings. The molecule has 0 spiro atoms. The highest BCUT2D eigenvalue weighted by Crippen LogP contribution is 2.17. The van der Waals surface area contributed by atoms with Gasteiger partial charge in [-0.1, -0.05) is 16.9 Å². The van der Waals surface area contributed by atoms with Crippen LogP contribution in [0.15, 0.2) is 5.16 Å². The van der Waals surface area contributed by atoms with Gasteiger partial charge in [-0.05, 0) is 6.92 Å². The number of carboxylic acid groups (broad SMARTS) is 1. The summed E-state index contributed by atoms with van der Waals surface area (Å²) in [6, 6.07) is 0.181. The summed E-state index contributed by atoms with van der Waals surface area (Å²) in [7, 11) is 0. The summed E-state index contributed by atoms with van der Waals surface area (Å²) in [6.07, 6.45) is 0. The van der Waals surface area contributed by atoms with E-state index in [0.717, 1.165) is 16.4 Å². The highest BCUT2D eigenvalue weighted by molar-refractivity contribution is 7.99. The van der Waals surface area contributed by atoms with E-state index in [9.17, 15) is 4.79 Å². The van der Waals surface area contributed by atoms with E-state index in [4.69, 9.17) is 15.7 Å². The quantitative estimate of drug-likeness (QED) is 0.510. The molecule has 0 bridgehead atoms. The van der Waals surface area contributed by atoms with E-state index in [1.165, 1.54) is 0 Å². The first kappa shape index (κ1) is 10.6. The van der Waals surface area contributed by atoms with Gasteiger partial charge in [0.05, 0.1) is 12.4 Å². The van der Waals surface area contributed by atoms with Crippen LogP contribution < -0.4 is 10.6 Å². The molecule has 0 fully saturated rings. The molecular formula is C6H10N4O3S. The molecule has 0 radical (unpaired) electrons. The lowest BCUT2D eigenvalue weighted by Crippen LogP contribution is -2.13. The number of nitrogen functional groups attached to an aromatic ring is 1. The number of aliphatic carboxylic acids is 1. The largest absolute Gasteiger partial charge is 0.481 e. The van der Waals surface area contributed by atoms with Crippen molar-refractivity contribution >= 4 is 17.7 Å². The lowest BCUT2D eigenvalue weighted by molar-refractivity contribution is -0.133. The maximum atomic E-state index is 10.3. The zero-order valence-corrected chi connectivity index (χ0v) is 8.32. The zero-order valence-electron chi connectivity index (χ0n) is 7.51. The SMILES string of the molecule is CCOc1nnc(SCC(=O)O)n1N. The van der Waals surface area contributed by atoms with Crippen LogP contribution in [0.4, 0.5) is 0 Å². The summed E-state index contributed by atoms with van der Waals surface area (Å²) in [6.45, 7) is 2.22. The number of nitrogens with zero attached hydrogens (tertiary/aromatic N) is 3. The Morgan fingerprint density at radius 2 is 2.43 bits per heavy atom. The fourth-order valence-electron chi connectivity index (χ4n) is 0.716. The van der Waals surface area contributed by atoms with Crippen molar-refractivity contribution in [1.82, 2.24) is 14.9 Å². The van der Waals surface area contributed by atoms with Crippen molar-refractivity contribution in [1.29, 1.82) is 0 Å². The van der Waals surface area contributed by atoms with Crippen molar-refractivity contribution in [2.24, 2.45) is 0 Å². The van der Waals surface area contributed by atoms with Crippen molar-refractivity contribution in [2.45, 2.75) is 12.1 Å². The van der Waals surface area contributed by atoms with Gasteiger partial charge < -0.3 is 15.7 Å². The number of aromatic nitrogens is 3. The number of thioether (sulfide) groups is 1. The molecule has 78 valence electrons. The van der Waals surface area contributed by atoms with E-state index < -0.39 is 5.97 Å². The smallest absolute Gasteiger partial charge is 0.337 e. The predicted molar refractivity (Wildman–Crippen MR) is 49.7 cm³/mol.